The lowest BCUT2D eigenvalue weighted by atomic mass is 9.99. The van der Waals surface area contributed by atoms with E-state index in [1.807, 2.05) is 47.8 Å². The minimum absolute atomic E-state index is 0.200. The van der Waals surface area contributed by atoms with E-state index in [0.29, 0.717) is 0 Å². The molecule has 3 aromatic rings. The fraction of sp³-hybridized carbons (Fsp3) is 0.217. The van der Waals surface area contributed by atoms with E-state index in [1.165, 1.54) is 5.56 Å². The molecule has 0 fully saturated rings. The number of hydrogen-bond donors (Lipinski definition) is 3. The van der Waals surface area contributed by atoms with Gasteiger partial charge < -0.3 is 5.73 Å². The Bertz CT molecular complexity index is 925. The molecule has 29 heavy (non-hydrogen) atoms. The lowest BCUT2D eigenvalue weighted by Crippen LogP contribution is -2.44. The molecule has 0 aliphatic carbocycles. The van der Waals surface area contributed by atoms with Crippen molar-refractivity contribution in [3.05, 3.63) is 93.7 Å². The Morgan fingerprint density at radius 1 is 0.966 bits per heavy atom. The number of nitrogens with one attached hydrogen (secondary N) is 2. The molecule has 0 unspecified atom stereocenters. The van der Waals surface area contributed by atoms with Crippen LogP contribution in [0.2, 0.25) is 0 Å². The maximum atomic E-state index is 12.8. The fourth-order valence-electron chi connectivity index (χ4n) is 3.29. The Balaban J connectivity index is 1.95. The maximum Gasteiger partial charge on any atom is 0.318 e. The molecular formula is C23H25N3O2S. The average Bonchev–Trinajstić information content (AvgIpc) is 3.24. The summed E-state index contributed by atoms with van der Waals surface area (Å²) in [4.78, 5) is 25.1. The van der Waals surface area contributed by atoms with Crippen molar-refractivity contribution < 1.29 is 9.59 Å². The molecule has 5 nitrogen and oxygen atoms in total. The van der Waals surface area contributed by atoms with Crippen LogP contribution in [0.5, 0.6) is 0 Å². The second kappa shape index (κ2) is 10.0. The number of benzene rings is 2. The van der Waals surface area contributed by atoms with Crippen molar-refractivity contribution in [2.75, 3.05) is 0 Å². The third kappa shape index (κ3) is 5.53. The summed E-state index contributed by atoms with van der Waals surface area (Å²) in [5.41, 5.74) is 8.29. The predicted octanol–water partition coefficient (Wildman–Crippen LogP) is 4.32. The van der Waals surface area contributed by atoms with Crippen molar-refractivity contribution in [2.45, 2.75) is 31.8 Å². The zero-order chi connectivity index (χ0) is 20.6. The van der Waals surface area contributed by atoms with Crippen LogP contribution in [-0.4, -0.2) is 11.9 Å². The molecule has 1 aromatic heterocycles. The number of imide groups is 1. The van der Waals surface area contributed by atoms with Gasteiger partial charge in [-0.2, -0.15) is 0 Å². The van der Waals surface area contributed by atoms with Crippen LogP contribution >= 0.6 is 11.3 Å². The van der Waals surface area contributed by atoms with Gasteiger partial charge in [0.05, 0.1) is 6.04 Å². The van der Waals surface area contributed by atoms with E-state index < -0.39 is 18.0 Å². The number of hydrogen-bond acceptors (Lipinski definition) is 4. The molecule has 6 heteroatoms. The van der Waals surface area contributed by atoms with Gasteiger partial charge in [-0.15, -0.1) is 11.3 Å². The molecule has 0 spiro atoms. The monoisotopic (exact) mass is 407 g/mol. The van der Waals surface area contributed by atoms with Gasteiger partial charge in [0.1, 0.15) is 6.04 Å². The van der Waals surface area contributed by atoms with Gasteiger partial charge in [0.15, 0.2) is 0 Å². The maximum absolute atomic E-state index is 12.8. The molecule has 3 amide bonds. The summed E-state index contributed by atoms with van der Waals surface area (Å²) in [5.74, 6) is -0.479. The second-order valence-corrected chi connectivity index (χ2v) is 7.78. The Kier molecular flexibility index (Phi) is 7.16. The van der Waals surface area contributed by atoms with Gasteiger partial charge in [0, 0.05) is 4.88 Å². The van der Waals surface area contributed by atoms with Gasteiger partial charge in [-0.3, -0.25) is 15.4 Å². The molecule has 2 aromatic carbocycles. The first-order chi connectivity index (χ1) is 14.1. The lowest BCUT2D eigenvalue weighted by Gasteiger charge is -2.25. The first-order valence-electron chi connectivity index (χ1n) is 9.62. The van der Waals surface area contributed by atoms with Crippen molar-refractivity contribution in [3.63, 3.8) is 0 Å². The highest BCUT2D eigenvalue weighted by atomic mass is 32.1. The number of urea groups is 1. The highest BCUT2D eigenvalue weighted by molar-refractivity contribution is 7.10. The molecule has 0 bridgehead atoms. The van der Waals surface area contributed by atoms with Crippen LogP contribution in [0.25, 0.3) is 0 Å². The Morgan fingerprint density at radius 2 is 1.69 bits per heavy atom. The number of nitrogens with two attached hydrogens (primary N) is 1. The Labute approximate surface area is 175 Å². The summed E-state index contributed by atoms with van der Waals surface area (Å²) in [6.45, 7) is 2.16. The molecule has 1 heterocycles. The molecule has 4 N–H and O–H groups in total. The standard InChI is InChI=1S/C23H25N3O2S/c1-2-7-16-11-13-18(14-12-16)20(19-10-6-15-29-19)25-21(22(27)26-23(24)28)17-8-4-3-5-9-17/h3-6,8-15,20-21,25H,2,7H2,1H3,(H3,24,26,27,28)/t20-,21+/m0/s1. The molecule has 0 aliphatic rings. The molecule has 0 radical (unpaired) electrons. The Morgan fingerprint density at radius 3 is 2.28 bits per heavy atom. The fourth-order valence-corrected chi connectivity index (χ4v) is 4.10. The largest absolute Gasteiger partial charge is 0.351 e. The van der Waals surface area contributed by atoms with E-state index in [0.717, 1.165) is 28.8 Å². The third-order valence-corrected chi connectivity index (χ3v) is 5.59. The summed E-state index contributed by atoms with van der Waals surface area (Å²) in [6.07, 6.45) is 2.13. The van der Waals surface area contributed by atoms with E-state index in [4.69, 9.17) is 5.73 Å². The van der Waals surface area contributed by atoms with Crippen molar-refractivity contribution in [1.82, 2.24) is 10.6 Å². The Hall–Kier alpha value is -2.96. The molecule has 0 saturated carbocycles. The van der Waals surface area contributed by atoms with Crippen LogP contribution in [0.3, 0.4) is 0 Å². The van der Waals surface area contributed by atoms with Crippen LogP contribution in [-0.2, 0) is 11.2 Å². The predicted molar refractivity (Wildman–Crippen MR) is 117 cm³/mol. The number of aryl methyl sites for hydroxylation is 1. The number of carbonyl (C=O) groups is 2. The minimum atomic E-state index is -0.866. The van der Waals surface area contributed by atoms with Gasteiger partial charge >= 0.3 is 6.03 Å². The molecule has 3 rings (SSSR count). The molecule has 150 valence electrons. The lowest BCUT2D eigenvalue weighted by molar-refractivity contribution is -0.122. The third-order valence-electron chi connectivity index (χ3n) is 4.65. The average molecular weight is 408 g/mol. The quantitative estimate of drug-likeness (QED) is 0.520. The van der Waals surface area contributed by atoms with Gasteiger partial charge in [-0.05, 0) is 34.6 Å². The first-order valence-corrected chi connectivity index (χ1v) is 10.5. The van der Waals surface area contributed by atoms with Gasteiger partial charge in [0.25, 0.3) is 0 Å². The highest BCUT2D eigenvalue weighted by Crippen LogP contribution is 2.29. The second-order valence-electron chi connectivity index (χ2n) is 6.80. The highest BCUT2D eigenvalue weighted by Gasteiger charge is 2.27. The van der Waals surface area contributed by atoms with Crippen molar-refractivity contribution in [1.29, 1.82) is 0 Å². The molecular weight excluding hydrogens is 382 g/mol. The zero-order valence-corrected chi connectivity index (χ0v) is 17.1. The van der Waals surface area contributed by atoms with Gasteiger partial charge in [-0.1, -0.05) is 74.0 Å². The van der Waals surface area contributed by atoms with Crippen LogP contribution in [0.1, 0.15) is 47.0 Å². The van der Waals surface area contributed by atoms with Crippen molar-refractivity contribution >= 4 is 23.3 Å². The van der Waals surface area contributed by atoms with Crippen LogP contribution in [0, 0.1) is 0 Å². The summed E-state index contributed by atoms with van der Waals surface area (Å²) < 4.78 is 0. The number of primary amides is 1. The first kappa shape index (κ1) is 20.8. The number of amides is 3. The summed E-state index contributed by atoms with van der Waals surface area (Å²) in [5, 5.41) is 7.66. The topological polar surface area (TPSA) is 84.2 Å². The van der Waals surface area contributed by atoms with Crippen LogP contribution in [0.15, 0.2) is 72.1 Å². The molecule has 2 atom stereocenters. The van der Waals surface area contributed by atoms with Gasteiger partial charge in [-0.25, -0.2) is 4.79 Å². The minimum Gasteiger partial charge on any atom is -0.351 e. The summed E-state index contributed by atoms with van der Waals surface area (Å²) >= 11 is 1.62. The normalized spacial score (nSPS) is 12.9. The number of thiophene rings is 1. The summed E-state index contributed by atoms with van der Waals surface area (Å²) in [6, 6.07) is 20.0. The molecule has 0 aliphatic heterocycles. The van der Waals surface area contributed by atoms with E-state index in [-0.39, 0.29) is 6.04 Å². The van der Waals surface area contributed by atoms with Crippen LogP contribution < -0.4 is 16.4 Å². The van der Waals surface area contributed by atoms with Gasteiger partial charge in [0.2, 0.25) is 5.91 Å². The van der Waals surface area contributed by atoms with Crippen molar-refractivity contribution in [3.8, 4) is 0 Å². The van der Waals surface area contributed by atoms with Crippen LogP contribution in [0.4, 0.5) is 4.79 Å². The van der Waals surface area contributed by atoms with E-state index >= 15 is 0 Å². The number of rotatable bonds is 8. The zero-order valence-electron chi connectivity index (χ0n) is 16.3. The summed E-state index contributed by atoms with van der Waals surface area (Å²) in [7, 11) is 0. The van der Waals surface area contributed by atoms with E-state index in [2.05, 4.69) is 41.8 Å². The van der Waals surface area contributed by atoms with E-state index in [9.17, 15) is 9.59 Å². The molecule has 0 saturated heterocycles. The number of carbonyl (C=O) groups excluding carboxylic acids is 2. The van der Waals surface area contributed by atoms with Crippen molar-refractivity contribution in [2.24, 2.45) is 5.73 Å². The van der Waals surface area contributed by atoms with E-state index in [1.54, 1.807) is 11.3 Å². The SMILES string of the molecule is CCCc1ccc([C@H](N[C@@H](C(=O)NC(N)=O)c2ccccc2)c2cccs2)cc1. The smallest absolute Gasteiger partial charge is 0.318 e.